The Morgan fingerprint density at radius 3 is 1.93 bits per heavy atom. The third-order valence-electron chi connectivity index (χ3n) is 2.23. The molecule has 0 aromatic rings. The largest absolute Gasteiger partial charge is 0.379 e. The van der Waals surface area contributed by atoms with Crippen LogP contribution in [0, 0.1) is 5.92 Å². The van der Waals surface area contributed by atoms with Crippen molar-refractivity contribution in [3.63, 3.8) is 0 Å². The van der Waals surface area contributed by atoms with Gasteiger partial charge >= 0.3 is 0 Å². The van der Waals surface area contributed by atoms with E-state index in [9.17, 15) is 0 Å². The molecule has 0 aliphatic carbocycles. The molecule has 2 heteroatoms. The van der Waals surface area contributed by atoms with E-state index in [-0.39, 0.29) is 0 Å². The Morgan fingerprint density at radius 2 is 1.57 bits per heavy atom. The summed E-state index contributed by atoms with van der Waals surface area (Å²) in [6.07, 6.45) is 2.64. The van der Waals surface area contributed by atoms with Crippen molar-refractivity contribution in [2.24, 2.45) is 5.92 Å². The summed E-state index contributed by atoms with van der Waals surface area (Å²) in [6.45, 7) is 14.2. The van der Waals surface area contributed by atoms with Crippen LogP contribution in [-0.4, -0.2) is 37.7 Å². The van der Waals surface area contributed by atoms with Crippen LogP contribution in [0.3, 0.4) is 0 Å². The highest BCUT2D eigenvalue weighted by molar-refractivity contribution is 4.62. The average molecular weight is 201 g/mol. The van der Waals surface area contributed by atoms with Crippen LogP contribution in [0.25, 0.3) is 0 Å². The lowest BCUT2D eigenvalue weighted by atomic mass is 10.2. The summed E-state index contributed by atoms with van der Waals surface area (Å²) >= 11 is 0. The van der Waals surface area contributed by atoms with Gasteiger partial charge in [0.05, 0.1) is 13.2 Å². The molecular formula is C12H27NO. The van der Waals surface area contributed by atoms with Crippen LogP contribution in [0.4, 0.5) is 0 Å². The summed E-state index contributed by atoms with van der Waals surface area (Å²) in [6, 6.07) is 0. The Balaban J connectivity index is 0.000000364. The third kappa shape index (κ3) is 8.52. The van der Waals surface area contributed by atoms with E-state index in [0.29, 0.717) is 0 Å². The molecule has 2 nitrogen and oxygen atoms in total. The van der Waals surface area contributed by atoms with E-state index in [1.165, 1.54) is 19.4 Å². The zero-order valence-electron chi connectivity index (χ0n) is 10.4. The monoisotopic (exact) mass is 201 g/mol. The predicted octanol–water partition coefficient (Wildman–Crippen LogP) is 2.78. The number of morpholine rings is 1. The van der Waals surface area contributed by atoms with Gasteiger partial charge in [0.1, 0.15) is 0 Å². The van der Waals surface area contributed by atoms with Gasteiger partial charge in [-0.1, -0.05) is 40.5 Å². The second-order valence-corrected chi connectivity index (χ2v) is 4.31. The lowest BCUT2D eigenvalue weighted by molar-refractivity contribution is 0.0329. The molecule has 0 aromatic heterocycles. The molecule has 1 aliphatic heterocycles. The SMILES string of the molecule is CC(C)CN1CCOCC1.CCCC. The van der Waals surface area contributed by atoms with Gasteiger partial charge in [0.25, 0.3) is 0 Å². The van der Waals surface area contributed by atoms with Gasteiger partial charge in [-0.25, -0.2) is 0 Å². The highest BCUT2D eigenvalue weighted by Crippen LogP contribution is 2.01. The molecule has 1 fully saturated rings. The molecular weight excluding hydrogens is 174 g/mol. The van der Waals surface area contributed by atoms with Gasteiger partial charge in [-0.15, -0.1) is 0 Å². The highest BCUT2D eigenvalue weighted by atomic mass is 16.5. The molecule has 0 aromatic carbocycles. The minimum Gasteiger partial charge on any atom is -0.379 e. The van der Waals surface area contributed by atoms with Crippen LogP contribution in [0.1, 0.15) is 40.5 Å². The maximum Gasteiger partial charge on any atom is 0.0594 e. The fraction of sp³-hybridized carbons (Fsp3) is 1.00. The summed E-state index contributed by atoms with van der Waals surface area (Å²) in [5.41, 5.74) is 0. The Hall–Kier alpha value is -0.0800. The molecule has 1 aliphatic rings. The second-order valence-electron chi connectivity index (χ2n) is 4.31. The number of hydrogen-bond acceptors (Lipinski definition) is 2. The molecule has 0 spiro atoms. The van der Waals surface area contributed by atoms with Gasteiger partial charge in [-0.3, -0.25) is 4.90 Å². The first-order valence-electron chi connectivity index (χ1n) is 6.00. The second kappa shape index (κ2) is 9.47. The van der Waals surface area contributed by atoms with Crippen LogP contribution >= 0.6 is 0 Å². The molecule has 0 amide bonds. The summed E-state index contributed by atoms with van der Waals surface area (Å²) in [5, 5.41) is 0. The molecule has 0 saturated carbocycles. The van der Waals surface area contributed by atoms with Crippen molar-refractivity contribution in [2.45, 2.75) is 40.5 Å². The molecule has 0 N–H and O–H groups in total. The topological polar surface area (TPSA) is 12.5 Å². The van der Waals surface area contributed by atoms with Crippen molar-refractivity contribution in [3.05, 3.63) is 0 Å². The quantitative estimate of drug-likeness (QED) is 0.696. The summed E-state index contributed by atoms with van der Waals surface area (Å²) in [5.74, 6) is 0.790. The van der Waals surface area contributed by atoms with E-state index < -0.39 is 0 Å². The number of nitrogens with zero attached hydrogens (tertiary/aromatic N) is 1. The van der Waals surface area contributed by atoms with Crippen molar-refractivity contribution >= 4 is 0 Å². The van der Waals surface area contributed by atoms with Crippen LogP contribution in [0.15, 0.2) is 0 Å². The van der Waals surface area contributed by atoms with Crippen molar-refractivity contribution in [1.82, 2.24) is 4.90 Å². The van der Waals surface area contributed by atoms with Gasteiger partial charge < -0.3 is 4.74 Å². The maximum atomic E-state index is 5.24. The van der Waals surface area contributed by atoms with Crippen LogP contribution in [-0.2, 0) is 4.74 Å². The molecule has 1 saturated heterocycles. The van der Waals surface area contributed by atoms with Crippen molar-refractivity contribution in [1.29, 1.82) is 0 Å². The Labute approximate surface area is 89.6 Å². The van der Waals surface area contributed by atoms with E-state index in [1.54, 1.807) is 0 Å². The number of hydrogen-bond donors (Lipinski definition) is 0. The first-order chi connectivity index (χ1) is 6.70. The fourth-order valence-electron chi connectivity index (χ4n) is 1.30. The highest BCUT2D eigenvalue weighted by Gasteiger charge is 2.10. The predicted molar refractivity (Wildman–Crippen MR) is 62.7 cm³/mol. The molecule has 0 atom stereocenters. The fourth-order valence-corrected chi connectivity index (χ4v) is 1.30. The summed E-state index contributed by atoms with van der Waals surface area (Å²) in [7, 11) is 0. The van der Waals surface area contributed by atoms with E-state index in [0.717, 1.165) is 32.2 Å². The summed E-state index contributed by atoms with van der Waals surface area (Å²) in [4.78, 5) is 2.47. The van der Waals surface area contributed by atoms with Crippen LogP contribution < -0.4 is 0 Å². The smallest absolute Gasteiger partial charge is 0.0594 e. The van der Waals surface area contributed by atoms with E-state index in [1.807, 2.05) is 0 Å². The standard InChI is InChI=1S/C8H17NO.C4H10/c1-8(2)7-9-3-5-10-6-4-9;1-3-4-2/h8H,3-7H2,1-2H3;3-4H2,1-2H3. The lowest BCUT2D eigenvalue weighted by Gasteiger charge is -2.27. The van der Waals surface area contributed by atoms with Gasteiger partial charge in [0.2, 0.25) is 0 Å². The first kappa shape index (κ1) is 13.9. The van der Waals surface area contributed by atoms with Crippen molar-refractivity contribution in [2.75, 3.05) is 32.8 Å². The third-order valence-corrected chi connectivity index (χ3v) is 2.23. The van der Waals surface area contributed by atoms with Gasteiger partial charge in [0, 0.05) is 19.6 Å². The number of ether oxygens (including phenoxy) is 1. The molecule has 1 heterocycles. The Morgan fingerprint density at radius 1 is 1.07 bits per heavy atom. The van der Waals surface area contributed by atoms with E-state index in [2.05, 4.69) is 32.6 Å². The minimum atomic E-state index is 0.790. The molecule has 0 radical (unpaired) electrons. The van der Waals surface area contributed by atoms with Crippen molar-refractivity contribution in [3.8, 4) is 0 Å². The Kier molecular flexibility index (Phi) is 9.42. The minimum absolute atomic E-state index is 0.790. The molecule has 0 unspecified atom stereocenters. The van der Waals surface area contributed by atoms with Crippen molar-refractivity contribution < 1.29 is 4.74 Å². The zero-order valence-corrected chi connectivity index (χ0v) is 10.4. The summed E-state index contributed by atoms with van der Waals surface area (Å²) < 4.78 is 5.24. The molecule has 0 bridgehead atoms. The number of unbranched alkanes of at least 4 members (excludes halogenated alkanes) is 1. The molecule has 14 heavy (non-hydrogen) atoms. The van der Waals surface area contributed by atoms with Gasteiger partial charge in [-0.2, -0.15) is 0 Å². The molecule has 86 valence electrons. The first-order valence-corrected chi connectivity index (χ1v) is 6.00. The maximum absolute atomic E-state index is 5.24. The lowest BCUT2D eigenvalue weighted by Crippen LogP contribution is -2.38. The molecule has 1 rings (SSSR count). The Bertz CT molecular complexity index is 107. The van der Waals surface area contributed by atoms with Crippen LogP contribution in [0.5, 0.6) is 0 Å². The van der Waals surface area contributed by atoms with E-state index in [4.69, 9.17) is 4.74 Å². The van der Waals surface area contributed by atoms with Gasteiger partial charge in [-0.05, 0) is 5.92 Å². The normalized spacial score (nSPS) is 17.8. The number of rotatable bonds is 3. The van der Waals surface area contributed by atoms with Gasteiger partial charge in [0.15, 0.2) is 0 Å². The van der Waals surface area contributed by atoms with E-state index >= 15 is 0 Å². The zero-order chi connectivity index (χ0) is 10.8. The van der Waals surface area contributed by atoms with Crippen LogP contribution in [0.2, 0.25) is 0 Å². The average Bonchev–Trinajstić information content (AvgIpc) is 2.19.